The number of carbonyl (C=O) groups excluding carboxylic acids is 2. The predicted octanol–water partition coefficient (Wildman–Crippen LogP) is 1.74. The lowest BCUT2D eigenvalue weighted by Gasteiger charge is -2.47. The number of amides is 1. The Balaban J connectivity index is 1.22. The molecule has 3 saturated heterocycles. The van der Waals surface area contributed by atoms with Crippen molar-refractivity contribution >= 4 is 40.8 Å². The third-order valence-electron chi connectivity index (χ3n) is 7.77. The van der Waals surface area contributed by atoms with Gasteiger partial charge in [0.05, 0.1) is 25.6 Å². The Morgan fingerprint density at radius 2 is 2.05 bits per heavy atom. The number of thioether (sulfide) groups is 1. The number of hydrogen-bond acceptors (Lipinski definition) is 13. The van der Waals surface area contributed by atoms with Gasteiger partial charge in [0.25, 0.3) is 0 Å². The molecular weight excluding hydrogens is 554 g/mol. The maximum Gasteiger partial charge on any atom is 0.415 e. The Hall–Kier alpha value is -2.72. The summed E-state index contributed by atoms with van der Waals surface area (Å²) in [6.07, 6.45) is 3.55. The third kappa shape index (κ3) is 6.38. The lowest BCUT2D eigenvalue weighted by Crippen LogP contribution is -2.64. The molecule has 2 aromatic rings. The van der Waals surface area contributed by atoms with Crippen molar-refractivity contribution in [3.8, 4) is 0 Å². The van der Waals surface area contributed by atoms with Gasteiger partial charge >= 0.3 is 12.1 Å². The van der Waals surface area contributed by atoms with E-state index in [2.05, 4.69) is 19.9 Å². The Kier molecular flexibility index (Phi) is 8.36. The van der Waals surface area contributed by atoms with Crippen LogP contribution >= 0.6 is 11.8 Å². The maximum absolute atomic E-state index is 12.7. The Morgan fingerprint density at radius 1 is 1.27 bits per heavy atom. The van der Waals surface area contributed by atoms with E-state index < -0.39 is 23.8 Å². The number of likely N-dealkylation sites (tertiary alicyclic amines) is 1. The number of anilines is 1. The first-order valence-corrected chi connectivity index (χ1v) is 14.8. The van der Waals surface area contributed by atoms with Gasteiger partial charge in [-0.1, -0.05) is 0 Å². The minimum Gasteiger partial charge on any atom is -0.468 e. The van der Waals surface area contributed by atoms with Gasteiger partial charge in [-0.2, -0.15) is 11.8 Å². The van der Waals surface area contributed by atoms with Crippen molar-refractivity contribution in [2.45, 2.75) is 88.2 Å². The highest BCUT2D eigenvalue weighted by Crippen LogP contribution is 2.38. The molecule has 2 unspecified atom stereocenters. The number of nitrogens with zero attached hydrogens (tertiary/aromatic N) is 6. The monoisotopic (exact) mass is 593 g/mol. The number of imidazole rings is 1. The van der Waals surface area contributed by atoms with Crippen LogP contribution in [0.5, 0.6) is 0 Å². The van der Waals surface area contributed by atoms with Gasteiger partial charge in [-0.3, -0.25) is 19.2 Å². The number of rotatable bonds is 10. The highest BCUT2D eigenvalue weighted by Gasteiger charge is 2.46. The molecule has 2 aromatic heterocycles. The number of cyclic esters (lactones) is 1. The molecule has 0 spiro atoms. The lowest BCUT2D eigenvalue weighted by atomic mass is 10.0. The average Bonchev–Trinajstić information content (AvgIpc) is 3.50. The summed E-state index contributed by atoms with van der Waals surface area (Å²) in [5, 5.41) is 10.6. The van der Waals surface area contributed by atoms with Gasteiger partial charge in [0.1, 0.15) is 24.1 Å². The minimum absolute atomic E-state index is 0.188. The van der Waals surface area contributed by atoms with E-state index >= 15 is 0 Å². The number of hydrogen-bond donors (Lipinski definition) is 2. The van der Waals surface area contributed by atoms with Gasteiger partial charge in [-0.25, -0.2) is 19.7 Å². The topological polar surface area (TPSA) is 167 Å². The SMILES string of the molecule is COC(=O)C1CC(SC[C@H]2O[C@@H](n3cnc4c(N)ncnc43)C[C@H]2OC(C)(C)O)CCN1CCN1C(=O)OC1(C)C. The standard InChI is InChI=1S/C26H39N7O7S/c1-25(2)33(24(35)40-25)9-8-31-7-6-15(10-16(31)23(34)37-5)41-12-18-17(39-26(3,4)36)11-19(38-18)32-14-30-20-21(27)28-13-29-22(20)32/h13-19,36H,6-12H2,1-5H3,(H2,27,28,29)/t15?,16?,17-,18-,19-/m1/s1. The van der Waals surface area contributed by atoms with E-state index in [9.17, 15) is 14.7 Å². The second-order valence-electron chi connectivity index (χ2n) is 11.6. The van der Waals surface area contributed by atoms with Crippen molar-refractivity contribution in [3.05, 3.63) is 12.7 Å². The summed E-state index contributed by atoms with van der Waals surface area (Å²) in [6, 6.07) is -0.408. The number of esters is 1. The fraction of sp³-hybridized carbons (Fsp3) is 0.731. The van der Waals surface area contributed by atoms with Crippen LogP contribution in [0, 0.1) is 0 Å². The van der Waals surface area contributed by atoms with Crippen LogP contribution in [0.3, 0.4) is 0 Å². The molecule has 3 N–H and O–H groups in total. The molecule has 3 aliphatic rings. The van der Waals surface area contributed by atoms with E-state index in [1.54, 1.807) is 36.8 Å². The fourth-order valence-corrected chi connectivity index (χ4v) is 7.05. The molecule has 226 valence electrons. The van der Waals surface area contributed by atoms with Crippen molar-refractivity contribution in [1.29, 1.82) is 0 Å². The number of nitrogen functional groups attached to an aromatic ring is 1. The highest BCUT2D eigenvalue weighted by atomic mass is 32.2. The van der Waals surface area contributed by atoms with E-state index in [1.807, 2.05) is 18.4 Å². The summed E-state index contributed by atoms with van der Waals surface area (Å²) in [5.74, 6) is -0.723. The molecule has 0 radical (unpaired) electrons. The van der Waals surface area contributed by atoms with Crippen LogP contribution in [0.25, 0.3) is 11.2 Å². The number of ether oxygens (including phenoxy) is 4. The minimum atomic E-state index is -1.34. The van der Waals surface area contributed by atoms with Crippen LogP contribution in [0.2, 0.25) is 0 Å². The van der Waals surface area contributed by atoms with Crippen LogP contribution in [0.4, 0.5) is 10.6 Å². The number of nitrogens with two attached hydrogens (primary N) is 1. The molecule has 0 aromatic carbocycles. The zero-order valence-electron chi connectivity index (χ0n) is 24.1. The van der Waals surface area contributed by atoms with Crippen LogP contribution < -0.4 is 5.73 Å². The second-order valence-corrected chi connectivity index (χ2v) is 12.9. The Labute approximate surface area is 242 Å². The van der Waals surface area contributed by atoms with Crippen molar-refractivity contribution in [2.24, 2.45) is 0 Å². The molecule has 15 heteroatoms. The van der Waals surface area contributed by atoms with Crippen molar-refractivity contribution in [3.63, 3.8) is 0 Å². The summed E-state index contributed by atoms with van der Waals surface area (Å²) in [7, 11) is 1.40. The van der Waals surface area contributed by atoms with Gasteiger partial charge in [-0.05, 0) is 40.5 Å². The smallest absolute Gasteiger partial charge is 0.415 e. The molecule has 1 amide bonds. The number of piperidine rings is 1. The van der Waals surface area contributed by atoms with E-state index in [0.29, 0.717) is 55.2 Å². The van der Waals surface area contributed by atoms with Crippen molar-refractivity contribution < 1.29 is 33.6 Å². The quantitative estimate of drug-likeness (QED) is 0.302. The Morgan fingerprint density at radius 3 is 2.73 bits per heavy atom. The van der Waals surface area contributed by atoms with E-state index in [4.69, 9.17) is 24.7 Å². The molecule has 5 rings (SSSR count). The average molecular weight is 594 g/mol. The molecule has 41 heavy (non-hydrogen) atoms. The lowest BCUT2D eigenvalue weighted by molar-refractivity contribution is -0.212. The van der Waals surface area contributed by atoms with Gasteiger partial charge in [0, 0.05) is 37.1 Å². The summed E-state index contributed by atoms with van der Waals surface area (Å²) >= 11 is 1.73. The maximum atomic E-state index is 12.7. The zero-order chi connectivity index (χ0) is 29.5. The molecule has 14 nitrogen and oxygen atoms in total. The second kappa shape index (κ2) is 11.5. The first-order valence-electron chi connectivity index (χ1n) is 13.8. The molecule has 3 aliphatic heterocycles. The number of methoxy groups -OCH3 is 1. The molecule has 0 aliphatic carbocycles. The van der Waals surface area contributed by atoms with Crippen LogP contribution in [0.1, 0.15) is 53.2 Å². The summed E-state index contributed by atoms with van der Waals surface area (Å²) in [5.41, 5.74) is 6.41. The van der Waals surface area contributed by atoms with Gasteiger partial charge in [0.2, 0.25) is 0 Å². The van der Waals surface area contributed by atoms with Crippen LogP contribution in [-0.4, -0.2) is 114 Å². The first kappa shape index (κ1) is 29.8. The number of aromatic nitrogens is 4. The summed E-state index contributed by atoms with van der Waals surface area (Å²) in [4.78, 5) is 41.1. The van der Waals surface area contributed by atoms with Crippen molar-refractivity contribution in [1.82, 2.24) is 29.3 Å². The van der Waals surface area contributed by atoms with Crippen molar-refractivity contribution in [2.75, 3.05) is 38.2 Å². The first-order chi connectivity index (χ1) is 19.4. The normalized spacial score (nSPS) is 28.5. The van der Waals surface area contributed by atoms with E-state index in [-0.39, 0.29) is 29.5 Å². The zero-order valence-corrected chi connectivity index (χ0v) is 24.9. The number of carbonyl (C=O) groups is 2. The predicted molar refractivity (Wildman–Crippen MR) is 150 cm³/mol. The molecule has 0 bridgehead atoms. The van der Waals surface area contributed by atoms with E-state index in [0.717, 1.165) is 6.42 Å². The fourth-order valence-electron chi connectivity index (χ4n) is 5.70. The summed E-state index contributed by atoms with van der Waals surface area (Å²) < 4.78 is 24.6. The number of aliphatic hydroxyl groups is 1. The molecule has 5 atom stereocenters. The largest absolute Gasteiger partial charge is 0.468 e. The Bertz CT molecular complexity index is 1270. The van der Waals surface area contributed by atoms with E-state index in [1.165, 1.54) is 13.4 Å². The van der Waals surface area contributed by atoms with Gasteiger partial charge in [0.15, 0.2) is 23.0 Å². The number of fused-ring (bicyclic) bond motifs is 1. The summed E-state index contributed by atoms with van der Waals surface area (Å²) in [6.45, 7) is 8.61. The molecule has 0 saturated carbocycles. The highest BCUT2D eigenvalue weighted by molar-refractivity contribution is 7.99. The van der Waals surface area contributed by atoms with Gasteiger partial charge in [-0.15, -0.1) is 0 Å². The van der Waals surface area contributed by atoms with Crippen LogP contribution in [-0.2, 0) is 23.7 Å². The van der Waals surface area contributed by atoms with Crippen LogP contribution in [0.15, 0.2) is 12.7 Å². The molecule has 3 fully saturated rings. The molecule has 5 heterocycles. The third-order valence-corrected chi connectivity index (χ3v) is 9.19. The van der Waals surface area contributed by atoms with Gasteiger partial charge < -0.3 is 29.8 Å². The molecular formula is C26H39N7O7S.